The summed E-state index contributed by atoms with van der Waals surface area (Å²) in [6, 6.07) is 23.1. The Kier molecular flexibility index (Phi) is 6.90. The molecular formula is C26H28N2O4. The van der Waals surface area contributed by atoms with Crippen LogP contribution in [0.1, 0.15) is 23.7 Å². The van der Waals surface area contributed by atoms with Crippen LogP contribution in [0.2, 0.25) is 0 Å². The highest BCUT2D eigenvalue weighted by Gasteiger charge is 2.36. The Morgan fingerprint density at radius 2 is 1.72 bits per heavy atom. The molecule has 3 aromatic rings. The SMILES string of the molecule is CN(Cc1ccco1)C(=O)C1CC(c2ccccc2)CN(C(=O)COc2ccccc2)C1. The minimum atomic E-state index is -0.283. The van der Waals surface area contributed by atoms with Gasteiger partial charge in [-0.05, 0) is 36.2 Å². The van der Waals surface area contributed by atoms with Gasteiger partial charge in [0.15, 0.2) is 6.61 Å². The number of carbonyl (C=O) groups excluding carboxylic acids is 2. The maximum atomic E-state index is 13.3. The Hall–Kier alpha value is -3.54. The Balaban J connectivity index is 1.47. The largest absolute Gasteiger partial charge is 0.484 e. The van der Waals surface area contributed by atoms with Gasteiger partial charge in [0.1, 0.15) is 11.5 Å². The molecule has 32 heavy (non-hydrogen) atoms. The average molecular weight is 433 g/mol. The zero-order valence-corrected chi connectivity index (χ0v) is 18.2. The number of furan rings is 1. The number of hydrogen-bond donors (Lipinski definition) is 0. The molecule has 0 spiro atoms. The van der Waals surface area contributed by atoms with Crippen molar-refractivity contribution in [1.29, 1.82) is 0 Å². The van der Waals surface area contributed by atoms with Crippen molar-refractivity contribution in [3.63, 3.8) is 0 Å². The van der Waals surface area contributed by atoms with Crippen LogP contribution in [0.25, 0.3) is 0 Å². The second-order valence-electron chi connectivity index (χ2n) is 8.21. The third-order valence-electron chi connectivity index (χ3n) is 5.88. The van der Waals surface area contributed by atoms with Gasteiger partial charge in [-0.2, -0.15) is 0 Å². The van der Waals surface area contributed by atoms with Gasteiger partial charge in [0.25, 0.3) is 5.91 Å². The number of hydrogen-bond acceptors (Lipinski definition) is 4. The Bertz CT molecular complexity index is 1000. The van der Waals surface area contributed by atoms with E-state index in [-0.39, 0.29) is 30.3 Å². The van der Waals surface area contributed by atoms with E-state index in [2.05, 4.69) is 12.1 Å². The number of nitrogens with zero attached hydrogens (tertiary/aromatic N) is 2. The molecule has 2 heterocycles. The van der Waals surface area contributed by atoms with Crippen molar-refractivity contribution in [2.75, 3.05) is 26.7 Å². The molecule has 2 amide bonds. The van der Waals surface area contributed by atoms with Crippen molar-refractivity contribution >= 4 is 11.8 Å². The zero-order chi connectivity index (χ0) is 22.3. The number of likely N-dealkylation sites (tertiary alicyclic amines) is 1. The molecule has 2 unspecified atom stereocenters. The van der Waals surface area contributed by atoms with E-state index in [1.165, 1.54) is 0 Å². The highest BCUT2D eigenvalue weighted by molar-refractivity contribution is 5.82. The Morgan fingerprint density at radius 1 is 1.00 bits per heavy atom. The fourth-order valence-electron chi connectivity index (χ4n) is 4.23. The summed E-state index contributed by atoms with van der Waals surface area (Å²) in [5.41, 5.74) is 1.14. The number of para-hydroxylation sites is 1. The van der Waals surface area contributed by atoms with Crippen LogP contribution in [0.4, 0.5) is 0 Å². The fraction of sp³-hybridized carbons (Fsp3) is 0.308. The molecule has 6 heteroatoms. The zero-order valence-electron chi connectivity index (χ0n) is 18.2. The molecule has 1 saturated heterocycles. The second kappa shape index (κ2) is 10.2. The van der Waals surface area contributed by atoms with Gasteiger partial charge in [0.05, 0.1) is 18.7 Å². The summed E-state index contributed by atoms with van der Waals surface area (Å²) in [5.74, 6) is 1.11. The van der Waals surface area contributed by atoms with Gasteiger partial charge in [-0.1, -0.05) is 48.5 Å². The number of rotatable bonds is 7. The maximum Gasteiger partial charge on any atom is 0.260 e. The molecule has 166 valence electrons. The van der Waals surface area contributed by atoms with E-state index in [9.17, 15) is 9.59 Å². The third kappa shape index (κ3) is 5.38. The summed E-state index contributed by atoms with van der Waals surface area (Å²) in [6.45, 7) is 1.33. The van der Waals surface area contributed by atoms with E-state index in [4.69, 9.17) is 9.15 Å². The van der Waals surface area contributed by atoms with Crippen LogP contribution in [0.5, 0.6) is 5.75 Å². The topological polar surface area (TPSA) is 63.0 Å². The lowest BCUT2D eigenvalue weighted by molar-refractivity contribution is -0.142. The van der Waals surface area contributed by atoms with Crippen molar-refractivity contribution in [2.24, 2.45) is 5.92 Å². The molecule has 0 saturated carbocycles. The molecule has 1 fully saturated rings. The van der Waals surface area contributed by atoms with E-state index in [1.807, 2.05) is 60.7 Å². The third-order valence-corrected chi connectivity index (χ3v) is 5.88. The highest BCUT2D eigenvalue weighted by Crippen LogP contribution is 2.31. The van der Waals surface area contributed by atoms with Crippen LogP contribution in [0, 0.1) is 5.92 Å². The van der Waals surface area contributed by atoms with Crippen molar-refractivity contribution in [3.05, 3.63) is 90.4 Å². The summed E-state index contributed by atoms with van der Waals surface area (Å²) in [7, 11) is 1.78. The number of amides is 2. The van der Waals surface area contributed by atoms with E-state index in [1.54, 1.807) is 23.1 Å². The van der Waals surface area contributed by atoms with Gasteiger partial charge >= 0.3 is 0 Å². The van der Waals surface area contributed by atoms with E-state index in [0.29, 0.717) is 31.8 Å². The summed E-state index contributed by atoms with van der Waals surface area (Å²) in [6.07, 6.45) is 2.31. The molecule has 6 nitrogen and oxygen atoms in total. The van der Waals surface area contributed by atoms with Crippen LogP contribution < -0.4 is 4.74 Å². The summed E-state index contributed by atoms with van der Waals surface area (Å²) >= 11 is 0. The Labute approximate surface area is 188 Å². The molecule has 4 rings (SSSR count). The van der Waals surface area contributed by atoms with Crippen LogP contribution in [-0.4, -0.2) is 48.4 Å². The van der Waals surface area contributed by atoms with Crippen LogP contribution >= 0.6 is 0 Å². The quantitative estimate of drug-likeness (QED) is 0.567. The number of benzene rings is 2. The first-order valence-corrected chi connectivity index (χ1v) is 10.9. The number of ether oxygens (including phenoxy) is 1. The molecule has 1 aromatic heterocycles. The lowest BCUT2D eigenvalue weighted by Crippen LogP contribution is -2.49. The van der Waals surface area contributed by atoms with Crippen molar-refractivity contribution in [1.82, 2.24) is 9.80 Å². The number of carbonyl (C=O) groups is 2. The molecule has 0 aliphatic carbocycles. The standard InChI is InChI=1S/C26H28N2O4/c1-27(18-24-13-8-14-31-24)26(30)22-15-21(20-9-4-2-5-10-20)16-28(17-22)25(29)19-32-23-11-6-3-7-12-23/h2-14,21-22H,15-19H2,1H3. The van der Waals surface area contributed by atoms with Gasteiger partial charge < -0.3 is 19.0 Å². The van der Waals surface area contributed by atoms with Gasteiger partial charge in [0.2, 0.25) is 5.91 Å². The summed E-state index contributed by atoms with van der Waals surface area (Å²) in [5, 5.41) is 0. The van der Waals surface area contributed by atoms with Crippen molar-refractivity contribution in [2.45, 2.75) is 18.9 Å². The lowest BCUT2D eigenvalue weighted by atomic mass is 9.83. The smallest absolute Gasteiger partial charge is 0.260 e. The Morgan fingerprint density at radius 3 is 2.41 bits per heavy atom. The molecule has 0 N–H and O–H groups in total. The van der Waals surface area contributed by atoms with Crippen molar-refractivity contribution < 1.29 is 18.7 Å². The first-order chi connectivity index (χ1) is 15.6. The average Bonchev–Trinajstić information content (AvgIpc) is 3.36. The molecule has 1 aliphatic rings. The van der Waals surface area contributed by atoms with Gasteiger partial charge in [-0.3, -0.25) is 9.59 Å². The molecular weight excluding hydrogens is 404 g/mol. The normalized spacial score (nSPS) is 18.2. The minimum absolute atomic E-state index is 0.0174. The lowest BCUT2D eigenvalue weighted by Gasteiger charge is -2.38. The molecule has 2 atom stereocenters. The van der Waals surface area contributed by atoms with Crippen LogP contribution in [-0.2, 0) is 16.1 Å². The first-order valence-electron chi connectivity index (χ1n) is 10.9. The summed E-state index contributed by atoms with van der Waals surface area (Å²) < 4.78 is 11.1. The predicted octanol–water partition coefficient (Wildman–Crippen LogP) is 3.95. The number of piperidine rings is 1. The first kappa shape index (κ1) is 21.7. The molecule has 0 radical (unpaired) electrons. The van der Waals surface area contributed by atoms with Crippen LogP contribution in [0.3, 0.4) is 0 Å². The monoisotopic (exact) mass is 432 g/mol. The van der Waals surface area contributed by atoms with Gasteiger partial charge in [0, 0.05) is 26.1 Å². The van der Waals surface area contributed by atoms with E-state index < -0.39 is 0 Å². The van der Waals surface area contributed by atoms with E-state index >= 15 is 0 Å². The van der Waals surface area contributed by atoms with Crippen molar-refractivity contribution in [3.8, 4) is 5.75 Å². The van der Waals surface area contributed by atoms with E-state index in [0.717, 1.165) is 11.3 Å². The molecule has 1 aliphatic heterocycles. The fourth-order valence-corrected chi connectivity index (χ4v) is 4.23. The van der Waals surface area contributed by atoms with Crippen LogP contribution in [0.15, 0.2) is 83.5 Å². The predicted molar refractivity (Wildman–Crippen MR) is 121 cm³/mol. The minimum Gasteiger partial charge on any atom is -0.484 e. The highest BCUT2D eigenvalue weighted by atomic mass is 16.5. The second-order valence-corrected chi connectivity index (χ2v) is 8.21. The summed E-state index contributed by atoms with van der Waals surface area (Å²) in [4.78, 5) is 29.7. The molecule has 2 aromatic carbocycles. The maximum absolute atomic E-state index is 13.3. The van der Waals surface area contributed by atoms with Gasteiger partial charge in [-0.25, -0.2) is 0 Å². The van der Waals surface area contributed by atoms with Gasteiger partial charge in [-0.15, -0.1) is 0 Å². The molecule has 0 bridgehead atoms.